The second kappa shape index (κ2) is 6.87. The number of benzene rings is 1. The van der Waals surface area contributed by atoms with Crippen molar-refractivity contribution in [2.24, 2.45) is 0 Å². The number of hydrogen-bond donors (Lipinski definition) is 1. The molecule has 0 saturated carbocycles. The summed E-state index contributed by atoms with van der Waals surface area (Å²) in [5.41, 5.74) is 0. The molecule has 22 heavy (non-hydrogen) atoms. The predicted octanol–water partition coefficient (Wildman–Crippen LogP) is 0.386. The zero-order chi connectivity index (χ0) is 16.2. The molecule has 8 heteroatoms. The van der Waals surface area contributed by atoms with Gasteiger partial charge in [0, 0.05) is 6.04 Å². The van der Waals surface area contributed by atoms with Crippen molar-refractivity contribution < 1.29 is 27.4 Å². The summed E-state index contributed by atoms with van der Waals surface area (Å²) < 4.78 is 38.5. The third-order valence-corrected chi connectivity index (χ3v) is 5.09. The van der Waals surface area contributed by atoms with E-state index in [4.69, 9.17) is 14.2 Å². The van der Waals surface area contributed by atoms with Crippen molar-refractivity contribution in [1.29, 1.82) is 0 Å². The first-order valence-corrected chi connectivity index (χ1v) is 8.61. The van der Waals surface area contributed by atoms with Gasteiger partial charge in [0.2, 0.25) is 5.75 Å². The van der Waals surface area contributed by atoms with E-state index in [2.05, 4.69) is 5.32 Å². The molecule has 1 aromatic carbocycles. The second-order valence-electron chi connectivity index (χ2n) is 4.95. The highest BCUT2D eigenvalue weighted by Gasteiger charge is 2.29. The molecule has 1 atom stereocenters. The van der Waals surface area contributed by atoms with Crippen LogP contribution in [-0.4, -0.2) is 52.7 Å². The largest absolute Gasteiger partial charge is 0.493 e. The molecule has 1 N–H and O–H groups in total. The summed E-state index contributed by atoms with van der Waals surface area (Å²) in [6.45, 7) is -0.222. The molecule has 1 heterocycles. The highest BCUT2D eigenvalue weighted by molar-refractivity contribution is 7.91. The summed E-state index contributed by atoms with van der Waals surface area (Å²) in [6, 6.07) is 4.76. The van der Waals surface area contributed by atoms with E-state index in [9.17, 15) is 13.2 Å². The number of rotatable bonds is 6. The number of carbonyl (C=O) groups is 1. The van der Waals surface area contributed by atoms with Crippen LogP contribution < -0.4 is 19.5 Å². The summed E-state index contributed by atoms with van der Waals surface area (Å²) in [5.74, 6) is 1.02. The van der Waals surface area contributed by atoms with Gasteiger partial charge in [0.25, 0.3) is 5.91 Å². The first-order valence-electron chi connectivity index (χ1n) is 6.79. The molecule has 7 nitrogen and oxygen atoms in total. The van der Waals surface area contributed by atoms with E-state index in [1.54, 1.807) is 18.2 Å². The Bertz CT molecular complexity index is 643. The van der Waals surface area contributed by atoms with Crippen molar-refractivity contribution in [2.45, 2.75) is 12.5 Å². The Kier molecular flexibility index (Phi) is 5.12. The molecule has 1 saturated heterocycles. The van der Waals surface area contributed by atoms with Crippen LogP contribution in [0.1, 0.15) is 6.42 Å². The number of amides is 1. The average Bonchev–Trinajstić information content (AvgIpc) is 2.83. The number of ether oxygens (including phenoxy) is 3. The van der Waals surface area contributed by atoms with Gasteiger partial charge >= 0.3 is 0 Å². The van der Waals surface area contributed by atoms with Gasteiger partial charge in [-0.05, 0) is 18.6 Å². The Morgan fingerprint density at radius 1 is 1.27 bits per heavy atom. The van der Waals surface area contributed by atoms with Crippen molar-refractivity contribution >= 4 is 15.7 Å². The van der Waals surface area contributed by atoms with Gasteiger partial charge in [-0.25, -0.2) is 8.42 Å². The molecule has 0 aromatic heterocycles. The van der Waals surface area contributed by atoms with Crippen LogP contribution >= 0.6 is 0 Å². The van der Waals surface area contributed by atoms with Crippen molar-refractivity contribution in [3.05, 3.63) is 18.2 Å². The lowest BCUT2D eigenvalue weighted by Gasteiger charge is -2.14. The molecule has 1 aliphatic heterocycles. The zero-order valence-electron chi connectivity index (χ0n) is 12.5. The smallest absolute Gasteiger partial charge is 0.258 e. The number of carbonyl (C=O) groups excluding carboxylic acids is 1. The quantitative estimate of drug-likeness (QED) is 0.812. The standard InChI is InChI=1S/C14H19NO6S/c1-19-11-4-3-5-12(14(11)20-2)21-8-13(16)15-10-6-7-22(17,18)9-10/h3-5,10H,6-9H2,1-2H3,(H,15,16). The topological polar surface area (TPSA) is 90.9 Å². The Morgan fingerprint density at radius 3 is 2.59 bits per heavy atom. The van der Waals surface area contributed by atoms with Gasteiger partial charge in [0.05, 0.1) is 25.7 Å². The molecule has 0 radical (unpaired) electrons. The summed E-state index contributed by atoms with van der Waals surface area (Å²) >= 11 is 0. The lowest BCUT2D eigenvalue weighted by atomic mass is 10.2. The van der Waals surface area contributed by atoms with Gasteiger partial charge in [-0.3, -0.25) is 4.79 Å². The third kappa shape index (κ3) is 4.03. The van der Waals surface area contributed by atoms with Gasteiger partial charge < -0.3 is 19.5 Å². The predicted molar refractivity (Wildman–Crippen MR) is 80.2 cm³/mol. The molecule has 1 unspecified atom stereocenters. The van der Waals surface area contributed by atoms with Crippen molar-refractivity contribution in [3.8, 4) is 17.2 Å². The van der Waals surface area contributed by atoms with Gasteiger partial charge in [-0.15, -0.1) is 0 Å². The van der Waals surface area contributed by atoms with Crippen LogP contribution in [0, 0.1) is 0 Å². The summed E-state index contributed by atoms with van der Waals surface area (Å²) in [4.78, 5) is 11.8. The first-order chi connectivity index (χ1) is 10.4. The van der Waals surface area contributed by atoms with Crippen LogP contribution in [-0.2, 0) is 14.6 Å². The van der Waals surface area contributed by atoms with Gasteiger partial charge in [0.1, 0.15) is 0 Å². The van der Waals surface area contributed by atoms with E-state index >= 15 is 0 Å². The average molecular weight is 329 g/mol. The number of sulfone groups is 1. The lowest BCUT2D eigenvalue weighted by molar-refractivity contribution is -0.123. The normalized spacial score (nSPS) is 19.5. The molecule has 1 fully saturated rings. The Balaban J connectivity index is 1.92. The maximum Gasteiger partial charge on any atom is 0.258 e. The summed E-state index contributed by atoms with van der Waals surface area (Å²) in [7, 11) is -0.0308. The number of para-hydroxylation sites is 1. The molecule has 0 bridgehead atoms. The minimum atomic E-state index is -3.02. The molecular weight excluding hydrogens is 310 g/mol. The number of hydrogen-bond acceptors (Lipinski definition) is 6. The van der Waals surface area contributed by atoms with Gasteiger partial charge in [-0.2, -0.15) is 0 Å². The number of methoxy groups -OCH3 is 2. The summed E-state index contributed by atoms with van der Waals surface area (Å²) in [6.07, 6.45) is 0.441. The third-order valence-electron chi connectivity index (χ3n) is 3.32. The Hall–Kier alpha value is -1.96. The first kappa shape index (κ1) is 16.4. The molecule has 1 aromatic rings. The monoisotopic (exact) mass is 329 g/mol. The molecular formula is C14H19NO6S. The van der Waals surface area contributed by atoms with E-state index in [1.807, 2.05) is 0 Å². The van der Waals surface area contributed by atoms with Crippen LogP contribution in [0.3, 0.4) is 0 Å². The fourth-order valence-electron chi connectivity index (χ4n) is 2.29. The van der Waals surface area contributed by atoms with E-state index < -0.39 is 9.84 Å². The van der Waals surface area contributed by atoms with Crippen LogP contribution in [0.5, 0.6) is 17.2 Å². The van der Waals surface area contributed by atoms with Crippen molar-refractivity contribution in [3.63, 3.8) is 0 Å². The van der Waals surface area contributed by atoms with E-state index in [0.29, 0.717) is 23.7 Å². The Labute approximate surface area is 129 Å². The van der Waals surface area contributed by atoms with Crippen LogP contribution in [0.2, 0.25) is 0 Å². The zero-order valence-corrected chi connectivity index (χ0v) is 13.3. The molecule has 2 rings (SSSR count). The molecule has 122 valence electrons. The van der Waals surface area contributed by atoms with Gasteiger partial charge in [0.15, 0.2) is 27.9 Å². The molecule has 0 spiro atoms. The van der Waals surface area contributed by atoms with Crippen LogP contribution in [0.25, 0.3) is 0 Å². The van der Waals surface area contributed by atoms with Crippen molar-refractivity contribution in [2.75, 3.05) is 32.3 Å². The minimum absolute atomic E-state index is 0.0127. The van der Waals surface area contributed by atoms with Crippen LogP contribution in [0.4, 0.5) is 0 Å². The highest BCUT2D eigenvalue weighted by atomic mass is 32.2. The van der Waals surface area contributed by atoms with E-state index in [-0.39, 0.29) is 30.1 Å². The second-order valence-corrected chi connectivity index (χ2v) is 7.18. The SMILES string of the molecule is COc1cccc(OCC(=O)NC2CCS(=O)(=O)C2)c1OC. The fourth-order valence-corrected chi connectivity index (χ4v) is 3.97. The molecule has 1 aliphatic rings. The van der Waals surface area contributed by atoms with E-state index in [0.717, 1.165) is 0 Å². The fraction of sp³-hybridized carbons (Fsp3) is 0.500. The minimum Gasteiger partial charge on any atom is -0.493 e. The maximum atomic E-state index is 11.8. The number of nitrogens with one attached hydrogen (secondary N) is 1. The maximum absolute atomic E-state index is 11.8. The van der Waals surface area contributed by atoms with Crippen LogP contribution in [0.15, 0.2) is 18.2 Å². The lowest BCUT2D eigenvalue weighted by Crippen LogP contribution is -2.38. The van der Waals surface area contributed by atoms with Crippen molar-refractivity contribution in [1.82, 2.24) is 5.32 Å². The van der Waals surface area contributed by atoms with Gasteiger partial charge in [-0.1, -0.05) is 6.07 Å². The highest BCUT2D eigenvalue weighted by Crippen LogP contribution is 2.36. The Morgan fingerprint density at radius 2 is 2.00 bits per heavy atom. The molecule has 1 amide bonds. The van der Waals surface area contributed by atoms with E-state index in [1.165, 1.54) is 14.2 Å². The molecule has 0 aliphatic carbocycles. The summed E-state index contributed by atoms with van der Waals surface area (Å²) in [5, 5.41) is 2.66.